The van der Waals surface area contributed by atoms with Gasteiger partial charge in [-0.25, -0.2) is 16.8 Å². The van der Waals surface area contributed by atoms with Gasteiger partial charge >= 0.3 is 0 Å². The Morgan fingerprint density at radius 1 is 0.818 bits per heavy atom. The highest BCUT2D eigenvalue weighted by Crippen LogP contribution is 2.52. The average Bonchev–Trinajstić information content (AvgIpc) is 3.12. The van der Waals surface area contributed by atoms with Crippen molar-refractivity contribution in [3.63, 3.8) is 0 Å². The van der Waals surface area contributed by atoms with Gasteiger partial charge in [0.1, 0.15) is 0 Å². The lowest BCUT2D eigenvalue weighted by Gasteiger charge is -2.47. The van der Waals surface area contributed by atoms with Gasteiger partial charge in [0.05, 0.1) is 9.79 Å². The van der Waals surface area contributed by atoms with E-state index in [1.807, 2.05) is 19.9 Å². The van der Waals surface area contributed by atoms with Crippen LogP contribution in [0.3, 0.4) is 0 Å². The second-order valence-corrected chi connectivity index (χ2v) is 13.5. The molecule has 2 aliphatic heterocycles. The summed E-state index contributed by atoms with van der Waals surface area (Å²) in [5.41, 5.74) is 3.30. The minimum Gasteiger partial charge on any atom is -0.207 e. The second-order valence-electron chi connectivity index (χ2n) is 9.62. The van der Waals surface area contributed by atoms with Crippen LogP contribution >= 0.6 is 0 Å². The molecule has 174 valence electrons. The van der Waals surface area contributed by atoms with Crippen molar-refractivity contribution in [2.24, 2.45) is 11.3 Å². The summed E-state index contributed by atoms with van der Waals surface area (Å²) in [6, 6.07) is 13.7. The predicted molar refractivity (Wildman–Crippen MR) is 128 cm³/mol. The molecule has 2 saturated heterocycles. The molecule has 8 heteroatoms. The van der Waals surface area contributed by atoms with Crippen LogP contribution in [-0.4, -0.2) is 51.6 Å². The number of aryl methyl sites for hydroxylation is 2. The molecule has 0 aromatic heterocycles. The Balaban J connectivity index is 1.50. The van der Waals surface area contributed by atoms with Gasteiger partial charge in [-0.2, -0.15) is 8.61 Å². The Hall–Kier alpha value is -2.26. The zero-order chi connectivity index (χ0) is 23.6. The van der Waals surface area contributed by atoms with Crippen LogP contribution < -0.4 is 0 Å². The number of benzene rings is 2. The van der Waals surface area contributed by atoms with Gasteiger partial charge in [0.25, 0.3) is 0 Å². The summed E-state index contributed by atoms with van der Waals surface area (Å²) in [6.45, 7) is 9.20. The Labute approximate surface area is 196 Å². The van der Waals surface area contributed by atoms with Gasteiger partial charge < -0.3 is 0 Å². The van der Waals surface area contributed by atoms with Crippen molar-refractivity contribution in [3.8, 4) is 0 Å². The van der Waals surface area contributed by atoms with E-state index in [0.29, 0.717) is 6.54 Å². The van der Waals surface area contributed by atoms with Crippen LogP contribution in [0.4, 0.5) is 0 Å². The lowest BCUT2D eigenvalue weighted by atomic mass is 9.66. The molecule has 6 nitrogen and oxygen atoms in total. The zero-order valence-corrected chi connectivity index (χ0v) is 20.5. The van der Waals surface area contributed by atoms with E-state index in [-0.39, 0.29) is 35.3 Å². The Morgan fingerprint density at radius 3 is 1.85 bits per heavy atom. The van der Waals surface area contributed by atoms with E-state index in [9.17, 15) is 16.8 Å². The average molecular weight is 485 g/mol. The van der Waals surface area contributed by atoms with Crippen LogP contribution in [0.15, 0.2) is 82.1 Å². The van der Waals surface area contributed by atoms with E-state index in [0.717, 1.165) is 28.7 Å². The Morgan fingerprint density at radius 2 is 1.30 bits per heavy atom. The molecule has 0 amide bonds. The highest BCUT2D eigenvalue weighted by molar-refractivity contribution is 7.89. The summed E-state index contributed by atoms with van der Waals surface area (Å²) in [7, 11) is -7.39. The number of nitrogens with zero attached hydrogens (tertiary/aromatic N) is 2. The first-order chi connectivity index (χ1) is 15.5. The summed E-state index contributed by atoms with van der Waals surface area (Å²) in [6.07, 6.45) is 2.73. The smallest absolute Gasteiger partial charge is 0.207 e. The normalized spacial score (nSPS) is 26.2. The van der Waals surface area contributed by atoms with Gasteiger partial charge in [0.2, 0.25) is 20.0 Å². The molecule has 2 aromatic rings. The van der Waals surface area contributed by atoms with Gasteiger partial charge in [0.15, 0.2) is 0 Å². The fraction of sp³-hybridized carbons (Fsp3) is 0.360. The number of fused-ring (bicyclic) bond motifs is 1. The third-order valence-corrected chi connectivity index (χ3v) is 10.9. The third-order valence-electron chi connectivity index (χ3n) is 7.25. The molecule has 2 atom stereocenters. The van der Waals surface area contributed by atoms with Crippen molar-refractivity contribution in [2.45, 2.75) is 30.1 Å². The van der Waals surface area contributed by atoms with Crippen LogP contribution in [0, 0.1) is 25.2 Å². The number of piperidine rings is 1. The summed E-state index contributed by atoms with van der Waals surface area (Å²) < 4.78 is 56.8. The van der Waals surface area contributed by atoms with E-state index in [4.69, 9.17) is 0 Å². The van der Waals surface area contributed by atoms with E-state index in [2.05, 4.69) is 6.58 Å². The first-order valence-corrected chi connectivity index (χ1v) is 13.9. The fourth-order valence-electron chi connectivity index (χ4n) is 5.31. The molecule has 3 aliphatic rings. The molecule has 2 fully saturated rings. The van der Waals surface area contributed by atoms with Crippen molar-refractivity contribution in [1.29, 1.82) is 0 Å². The maximum atomic E-state index is 13.5. The number of hydrogen-bond donors (Lipinski definition) is 0. The van der Waals surface area contributed by atoms with Gasteiger partial charge in [-0.15, -0.1) is 0 Å². The van der Waals surface area contributed by atoms with Gasteiger partial charge in [-0.3, -0.25) is 0 Å². The SMILES string of the molecule is C=C1C=C2CN(S(=O)(=O)c3ccc(C)cc3)CC23CC1CN(S(=O)(=O)c1ccc(C)cc1)C3. The van der Waals surface area contributed by atoms with Crippen molar-refractivity contribution in [2.75, 3.05) is 26.2 Å². The van der Waals surface area contributed by atoms with Crippen LogP contribution in [0.2, 0.25) is 0 Å². The van der Waals surface area contributed by atoms with E-state index < -0.39 is 25.5 Å². The first-order valence-electron chi connectivity index (χ1n) is 11.0. The lowest BCUT2D eigenvalue weighted by Crippen LogP contribution is -2.53. The molecule has 0 saturated carbocycles. The molecule has 1 spiro atoms. The van der Waals surface area contributed by atoms with Crippen LogP contribution in [0.1, 0.15) is 17.5 Å². The molecule has 2 unspecified atom stereocenters. The van der Waals surface area contributed by atoms with Crippen molar-refractivity contribution < 1.29 is 16.8 Å². The van der Waals surface area contributed by atoms with Gasteiger partial charge in [-0.1, -0.05) is 53.6 Å². The topological polar surface area (TPSA) is 74.8 Å². The molecular formula is C25H28N2O4S2. The third kappa shape index (κ3) is 3.69. The molecule has 2 heterocycles. The minimum atomic E-state index is -3.70. The predicted octanol–water partition coefficient (Wildman–Crippen LogP) is 3.50. The van der Waals surface area contributed by atoms with E-state index in [1.54, 1.807) is 48.5 Å². The Bertz CT molecular complexity index is 1360. The standard InChI is InChI=1S/C25H28N2O4S2/c1-18-4-8-23(9-5-18)32(28,29)26-14-21-13-25(16-26)17-27(15-22(25)12-20(21)3)33(30,31)24-10-6-19(2)7-11-24/h4-12,21H,3,13-17H2,1-2H3. The molecule has 0 N–H and O–H groups in total. The minimum absolute atomic E-state index is 0.0234. The first kappa shape index (κ1) is 22.5. The molecule has 33 heavy (non-hydrogen) atoms. The second kappa shape index (κ2) is 7.63. The largest absolute Gasteiger partial charge is 0.243 e. The number of allylic oxidation sites excluding steroid dienone is 1. The van der Waals surface area contributed by atoms with Crippen LogP contribution in [0.25, 0.3) is 0 Å². The van der Waals surface area contributed by atoms with Crippen molar-refractivity contribution >= 4 is 20.0 Å². The maximum Gasteiger partial charge on any atom is 0.243 e. The molecule has 5 rings (SSSR count). The van der Waals surface area contributed by atoms with E-state index >= 15 is 0 Å². The van der Waals surface area contributed by atoms with Crippen LogP contribution in [-0.2, 0) is 20.0 Å². The summed E-state index contributed by atoms with van der Waals surface area (Å²) in [5, 5.41) is 0. The molecular weight excluding hydrogens is 456 g/mol. The van der Waals surface area contributed by atoms with E-state index in [1.165, 1.54) is 8.61 Å². The maximum absolute atomic E-state index is 13.5. The van der Waals surface area contributed by atoms with Crippen molar-refractivity contribution in [3.05, 3.63) is 83.5 Å². The summed E-state index contributed by atoms with van der Waals surface area (Å²) >= 11 is 0. The zero-order valence-electron chi connectivity index (χ0n) is 18.9. The number of rotatable bonds is 4. The molecule has 1 aliphatic carbocycles. The molecule has 0 radical (unpaired) electrons. The summed E-state index contributed by atoms with van der Waals surface area (Å²) in [5.74, 6) is -0.0234. The number of hydrogen-bond acceptors (Lipinski definition) is 4. The molecule has 2 aromatic carbocycles. The van der Waals surface area contributed by atoms with Crippen LogP contribution in [0.5, 0.6) is 0 Å². The number of sulfonamides is 2. The Kier molecular flexibility index (Phi) is 5.21. The fourth-order valence-corrected chi connectivity index (χ4v) is 8.38. The van der Waals surface area contributed by atoms with Gasteiger partial charge in [-0.05, 0) is 56.0 Å². The quantitative estimate of drug-likeness (QED) is 0.666. The molecule has 2 bridgehead atoms. The summed E-state index contributed by atoms with van der Waals surface area (Å²) in [4.78, 5) is 0.529. The van der Waals surface area contributed by atoms with Crippen molar-refractivity contribution in [1.82, 2.24) is 8.61 Å². The lowest BCUT2D eigenvalue weighted by molar-refractivity contribution is 0.148. The monoisotopic (exact) mass is 484 g/mol. The van der Waals surface area contributed by atoms with Gasteiger partial charge in [0, 0.05) is 31.6 Å². The highest BCUT2D eigenvalue weighted by atomic mass is 32.2. The highest BCUT2D eigenvalue weighted by Gasteiger charge is 2.54.